The summed E-state index contributed by atoms with van der Waals surface area (Å²) in [6.45, 7) is 2.08. The molecule has 0 fully saturated rings. The highest BCUT2D eigenvalue weighted by atomic mass is 19.3. The zero-order chi connectivity index (χ0) is 24.9. The quantitative estimate of drug-likeness (QED) is 0.168. The van der Waals surface area contributed by atoms with E-state index in [2.05, 4.69) is 33.5 Å². The van der Waals surface area contributed by atoms with E-state index in [-0.39, 0.29) is 23.5 Å². The number of benzene rings is 2. The maximum atomic E-state index is 14.4. The van der Waals surface area contributed by atoms with Crippen molar-refractivity contribution >= 4 is 0 Å². The van der Waals surface area contributed by atoms with Crippen molar-refractivity contribution in [1.82, 2.24) is 9.97 Å². The summed E-state index contributed by atoms with van der Waals surface area (Å²) < 4.78 is 101. The molecule has 0 spiro atoms. The predicted octanol–water partition coefficient (Wildman–Crippen LogP) is 6.43. The molecule has 0 unspecified atom stereocenters. The van der Waals surface area contributed by atoms with Crippen LogP contribution in [0.25, 0.3) is 0 Å². The van der Waals surface area contributed by atoms with Crippen molar-refractivity contribution in [3.05, 3.63) is 88.3 Å². The number of aryl methyl sites for hydroxylation is 1. The number of unbranched alkanes of at least 4 members (excludes halogenated alkanes) is 2. The molecule has 0 N–H and O–H groups in total. The van der Waals surface area contributed by atoms with E-state index in [1.54, 1.807) is 12.4 Å². The third-order valence-corrected chi connectivity index (χ3v) is 4.63. The zero-order valence-corrected chi connectivity index (χ0v) is 17.7. The maximum Gasteiger partial charge on any atom is 0.432 e. The normalized spacial score (nSPS) is 11.2. The van der Waals surface area contributed by atoms with Crippen LogP contribution < -0.4 is 4.74 Å². The van der Waals surface area contributed by atoms with Crippen LogP contribution in [-0.2, 0) is 12.5 Å². The van der Waals surface area contributed by atoms with Gasteiger partial charge in [-0.2, -0.15) is 8.78 Å². The van der Waals surface area contributed by atoms with Crippen LogP contribution in [0.5, 0.6) is 5.75 Å². The Labute approximate surface area is 190 Å². The van der Waals surface area contributed by atoms with Gasteiger partial charge in [-0.25, -0.2) is 31.9 Å². The first-order valence-electron chi connectivity index (χ1n) is 10.1. The summed E-state index contributed by atoms with van der Waals surface area (Å²) in [7, 11) is 0. The molecule has 1 aromatic heterocycles. The standard InChI is InChI=1S/C24H17F7N2O/c1-2-3-4-5-15-12-32-21(33-13-15)7-6-14-8-17(25)22(18(26)9-14)24(30,31)34-16-10-19(27)23(29)20(28)11-16/h8-13H,2-5H2,1H3. The summed E-state index contributed by atoms with van der Waals surface area (Å²) in [6.07, 6.45) is 2.40. The number of aromatic nitrogens is 2. The summed E-state index contributed by atoms with van der Waals surface area (Å²) in [5.74, 6) is -5.20. The SMILES string of the molecule is CCCCCc1cnc(C#Cc2cc(F)c(C(F)(F)Oc3cc(F)c(F)c(F)c3)c(F)c2)nc1. The molecule has 178 valence electrons. The van der Waals surface area contributed by atoms with Crippen molar-refractivity contribution < 1.29 is 35.5 Å². The Morgan fingerprint density at radius 3 is 1.97 bits per heavy atom. The highest BCUT2D eigenvalue weighted by Gasteiger charge is 2.41. The lowest BCUT2D eigenvalue weighted by molar-refractivity contribution is -0.189. The van der Waals surface area contributed by atoms with Gasteiger partial charge in [-0.3, -0.25) is 0 Å². The molecule has 34 heavy (non-hydrogen) atoms. The number of alkyl halides is 2. The van der Waals surface area contributed by atoms with Gasteiger partial charge in [0.15, 0.2) is 17.5 Å². The van der Waals surface area contributed by atoms with Crippen LogP contribution in [0.15, 0.2) is 36.7 Å². The average Bonchev–Trinajstić information content (AvgIpc) is 2.76. The van der Waals surface area contributed by atoms with Crippen LogP contribution in [0.2, 0.25) is 0 Å². The summed E-state index contributed by atoms with van der Waals surface area (Å²) in [6, 6.07) is 1.31. The zero-order valence-electron chi connectivity index (χ0n) is 17.7. The van der Waals surface area contributed by atoms with Gasteiger partial charge in [-0.05, 0) is 36.5 Å². The Balaban J connectivity index is 1.80. The van der Waals surface area contributed by atoms with Crippen LogP contribution in [0.1, 0.15) is 48.7 Å². The van der Waals surface area contributed by atoms with Crippen molar-refractivity contribution in [2.45, 2.75) is 38.7 Å². The molecule has 3 aromatic rings. The molecule has 0 saturated heterocycles. The summed E-state index contributed by atoms with van der Waals surface area (Å²) in [5.41, 5.74) is -1.19. The van der Waals surface area contributed by atoms with Crippen molar-refractivity contribution in [2.75, 3.05) is 0 Å². The molecule has 0 amide bonds. The molecular weight excluding hydrogens is 465 g/mol. The molecule has 1 heterocycles. The first-order valence-corrected chi connectivity index (χ1v) is 10.1. The summed E-state index contributed by atoms with van der Waals surface area (Å²) in [5, 5.41) is 0. The fourth-order valence-corrected chi connectivity index (χ4v) is 2.97. The molecule has 0 aliphatic carbocycles. The largest absolute Gasteiger partial charge is 0.432 e. The molecule has 0 radical (unpaired) electrons. The van der Waals surface area contributed by atoms with E-state index in [4.69, 9.17) is 0 Å². The van der Waals surface area contributed by atoms with Crippen LogP contribution in [0.4, 0.5) is 30.7 Å². The van der Waals surface area contributed by atoms with E-state index in [1.165, 1.54) is 0 Å². The number of ether oxygens (including phenoxy) is 1. The van der Waals surface area contributed by atoms with Gasteiger partial charge in [0.05, 0.1) is 0 Å². The predicted molar refractivity (Wildman–Crippen MR) is 108 cm³/mol. The molecule has 0 bridgehead atoms. The number of nitrogens with zero attached hydrogens (tertiary/aromatic N) is 2. The molecule has 3 rings (SSSR count). The van der Waals surface area contributed by atoms with Gasteiger partial charge in [-0.1, -0.05) is 25.7 Å². The average molecular weight is 482 g/mol. The van der Waals surface area contributed by atoms with Gasteiger partial charge in [-0.15, -0.1) is 0 Å². The first-order chi connectivity index (χ1) is 16.1. The minimum atomic E-state index is -4.67. The van der Waals surface area contributed by atoms with Gasteiger partial charge in [0.25, 0.3) is 0 Å². The monoisotopic (exact) mass is 482 g/mol. The minimum Gasteiger partial charge on any atom is -0.429 e. The lowest BCUT2D eigenvalue weighted by Gasteiger charge is -2.19. The molecule has 3 nitrogen and oxygen atoms in total. The lowest BCUT2D eigenvalue weighted by Crippen LogP contribution is -2.25. The van der Waals surface area contributed by atoms with E-state index >= 15 is 0 Å². The number of halogens is 7. The third kappa shape index (κ3) is 6.04. The van der Waals surface area contributed by atoms with Crippen molar-refractivity contribution in [3.63, 3.8) is 0 Å². The van der Waals surface area contributed by atoms with Crippen molar-refractivity contribution in [3.8, 4) is 17.6 Å². The molecule has 0 aliphatic heterocycles. The highest BCUT2D eigenvalue weighted by molar-refractivity contribution is 5.42. The van der Waals surface area contributed by atoms with Crippen molar-refractivity contribution in [1.29, 1.82) is 0 Å². The fourth-order valence-electron chi connectivity index (χ4n) is 2.97. The molecule has 10 heteroatoms. The molecule has 0 saturated carbocycles. The van der Waals surface area contributed by atoms with Crippen LogP contribution >= 0.6 is 0 Å². The van der Waals surface area contributed by atoms with E-state index in [1.807, 2.05) is 0 Å². The second-order valence-corrected chi connectivity index (χ2v) is 7.26. The smallest absolute Gasteiger partial charge is 0.429 e. The Morgan fingerprint density at radius 2 is 1.41 bits per heavy atom. The van der Waals surface area contributed by atoms with E-state index in [0.29, 0.717) is 12.1 Å². The second-order valence-electron chi connectivity index (χ2n) is 7.26. The first kappa shape index (κ1) is 25.0. The third-order valence-electron chi connectivity index (χ3n) is 4.63. The van der Waals surface area contributed by atoms with Crippen LogP contribution in [0.3, 0.4) is 0 Å². The second kappa shape index (κ2) is 10.5. The maximum absolute atomic E-state index is 14.4. The lowest BCUT2D eigenvalue weighted by atomic mass is 10.1. The molecule has 2 aromatic carbocycles. The van der Waals surface area contributed by atoms with Gasteiger partial charge >= 0.3 is 6.11 Å². The van der Waals surface area contributed by atoms with Gasteiger partial charge in [0.1, 0.15) is 22.9 Å². The topological polar surface area (TPSA) is 35.0 Å². The summed E-state index contributed by atoms with van der Waals surface area (Å²) in [4.78, 5) is 8.08. The molecular formula is C24H17F7N2O. The van der Waals surface area contributed by atoms with Gasteiger partial charge < -0.3 is 4.74 Å². The highest BCUT2D eigenvalue weighted by Crippen LogP contribution is 2.36. The fraction of sp³-hybridized carbons (Fsp3) is 0.250. The summed E-state index contributed by atoms with van der Waals surface area (Å²) >= 11 is 0. The van der Waals surface area contributed by atoms with E-state index < -0.39 is 46.5 Å². The van der Waals surface area contributed by atoms with E-state index in [9.17, 15) is 30.7 Å². The molecule has 0 atom stereocenters. The van der Waals surface area contributed by atoms with Gasteiger partial charge in [0.2, 0.25) is 5.82 Å². The van der Waals surface area contributed by atoms with Gasteiger partial charge in [0, 0.05) is 30.1 Å². The van der Waals surface area contributed by atoms with E-state index in [0.717, 1.165) is 31.2 Å². The number of hydrogen-bond acceptors (Lipinski definition) is 3. The van der Waals surface area contributed by atoms with Crippen LogP contribution in [-0.4, -0.2) is 9.97 Å². The number of rotatable bonds is 7. The molecule has 0 aliphatic rings. The Kier molecular flexibility index (Phi) is 7.76. The van der Waals surface area contributed by atoms with Crippen molar-refractivity contribution in [2.24, 2.45) is 0 Å². The Morgan fingerprint density at radius 1 is 0.824 bits per heavy atom. The Hall–Kier alpha value is -3.61. The minimum absolute atomic E-state index is 0.0677. The Bertz CT molecular complexity index is 1190. The van der Waals surface area contributed by atoms with Crippen LogP contribution in [0, 0.1) is 40.9 Å². The number of hydrogen-bond donors (Lipinski definition) is 0.